The first kappa shape index (κ1) is 15.8. The van der Waals surface area contributed by atoms with Gasteiger partial charge in [-0.05, 0) is 36.4 Å². The second-order valence-corrected chi connectivity index (χ2v) is 6.98. The van der Waals surface area contributed by atoms with Crippen molar-refractivity contribution in [2.24, 2.45) is 0 Å². The molecule has 0 atom stereocenters. The highest BCUT2D eigenvalue weighted by molar-refractivity contribution is 7.98. The molecule has 2 aromatic heterocycles. The molecule has 0 bridgehead atoms. The van der Waals surface area contributed by atoms with Gasteiger partial charge in [-0.3, -0.25) is 9.36 Å². The summed E-state index contributed by atoms with van der Waals surface area (Å²) >= 11 is 3.05. The number of hydrogen-bond donors (Lipinski definition) is 0. The van der Waals surface area contributed by atoms with Crippen molar-refractivity contribution in [1.82, 2.24) is 9.55 Å². The van der Waals surface area contributed by atoms with Crippen LogP contribution in [0.5, 0.6) is 0 Å². The van der Waals surface area contributed by atoms with Crippen molar-refractivity contribution in [2.45, 2.75) is 25.0 Å². The number of nitrogens with zero attached hydrogens (tertiary/aromatic N) is 3. The molecule has 0 aliphatic rings. The van der Waals surface area contributed by atoms with E-state index in [1.165, 1.54) is 16.6 Å². The molecule has 0 spiro atoms. The van der Waals surface area contributed by atoms with Gasteiger partial charge in [0.1, 0.15) is 4.83 Å². The van der Waals surface area contributed by atoms with Gasteiger partial charge in [-0.1, -0.05) is 30.8 Å². The van der Waals surface area contributed by atoms with E-state index < -0.39 is 0 Å². The Hall–Kier alpha value is -2.10. The fraction of sp³-hybridized carbons (Fsp3) is 0.235. The van der Waals surface area contributed by atoms with Crippen LogP contribution in [0.2, 0.25) is 0 Å². The standard InChI is InChI=1S/C17H15N3OS2/c1-3-13-8-14-15(23-13)19-17(22-2)20(16(14)21)10-12-6-4-5-11(7-12)9-18/h4-8H,3,10H2,1-2H3. The molecule has 116 valence electrons. The molecule has 1 aromatic carbocycles. The fourth-order valence-electron chi connectivity index (χ4n) is 2.44. The largest absolute Gasteiger partial charge is 0.283 e. The van der Waals surface area contributed by atoms with E-state index in [4.69, 9.17) is 5.26 Å². The highest BCUT2D eigenvalue weighted by Gasteiger charge is 2.13. The third-order valence-electron chi connectivity index (χ3n) is 3.59. The molecule has 0 saturated carbocycles. The van der Waals surface area contributed by atoms with Gasteiger partial charge in [0.05, 0.1) is 23.6 Å². The van der Waals surface area contributed by atoms with Crippen LogP contribution in [-0.2, 0) is 13.0 Å². The van der Waals surface area contributed by atoms with Crippen LogP contribution in [-0.4, -0.2) is 15.8 Å². The summed E-state index contributed by atoms with van der Waals surface area (Å²) in [7, 11) is 0. The lowest BCUT2D eigenvalue weighted by Crippen LogP contribution is -2.23. The van der Waals surface area contributed by atoms with Gasteiger partial charge in [-0.25, -0.2) is 4.98 Å². The molecular formula is C17H15N3OS2. The van der Waals surface area contributed by atoms with E-state index in [0.29, 0.717) is 22.7 Å². The third kappa shape index (κ3) is 3.03. The maximum absolute atomic E-state index is 12.8. The van der Waals surface area contributed by atoms with Crippen molar-refractivity contribution in [3.05, 3.63) is 56.7 Å². The minimum atomic E-state index is -0.0161. The summed E-state index contributed by atoms with van der Waals surface area (Å²) in [6.07, 6.45) is 2.82. The number of hydrogen-bond acceptors (Lipinski definition) is 5. The maximum Gasteiger partial charge on any atom is 0.263 e. The Bertz CT molecular complexity index is 966. The van der Waals surface area contributed by atoms with Crippen molar-refractivity contribution in [2.75, 3.05) is 6.26 Å². The number of aryl methyl sites for hydroxylation is 1. The maximum atomic E-state index is 12.8. The van der Waals surface area contributed by atoms with Crippen LogP contribution in [0.3, 0.4) is 0 Å². The van der Waals surface area contributed by atoms with Gasteiger partial charge < -0.3 is 0 Å². The number of rotatable bonds is 4. The van der Waals surface area contributed by atoms with E-state index in [9.17, 15) is 4.79 Å². The highest BCUT2D eigenvalue weighted by Crippen LogP contribution is 2.24. The second kappa shape index (κ2) is 6.57. The van der Waals surface area contributed by atoms with Crippen molar-refractivity contribution >= 4 is 33.3 Å². The normalized spacial score (nSPS) is 10.8. The van der Waals surface area contributed by atoms with Gasteiger partial charge in [0.2, 0.25) is 0 Å². The Morgan fingerprint density at radius 1 is 1.39 bits per heavy atom. The summed E-state index contributed by atoms with van der Waals surface area (Å²) in [5.74, 6) is 0. The molecule has 0 unspecified atom stereocenters. The Labute approximate surface area is 142 Å². The van der Waals surface area contributed by atoms with Crippen molar-refractivity contribution < 1.29 is 0 Å². The van der Waals surface area contributed by atoms with Crippen molar-refractivity contribution in [3.8, 4) is 6.07 Å². The molecule has 2 heterocycles. The molecule has 0 fully saturated rings. The topological polar surface area (TPSA) is 58.7 Å². The molecule has 4 nitrogen and oxygen atoms in total. The number of thiophene rings is 1. The Morgan fingerprint density at radius 2 is 2.22 bits per heavy atom. The van der Waals surface area contributed by atoms with Crippen LogP contribution in [0.15, 0.2) is 40.3 Å². The summed E-state index contributed by atoms with van der Waals surface area (Å²) in [6.45, 7) is 2.50. The molecule has 0 aliphatic heterocycles. The van der Waals surface area contributed by atoms with Crippen molar-refractivity contribution in [1.29, 1.82) is 5.26 Å². The Balaban J connectivity index is 2.13. The third-order valence-corrected chi connectivity index (χ3v) is 5.45. The first-order chi connectivity index (χ1) is 11.2. The quantitative estimate of drug-likeness (QED) is 0.537. The molecule has 0 amide bonds. The molecule has 3 aromatic rings. The SMILES string of the molecule is CCc1cc2c(=O)n(Cc3cccc(C#N)c3)c(SC)nc2s1. The summed E-state index contributed by atoms with van der Waals surface area (Å²) in [6, 6.07) is 11.4. The van der Waals surface area contributed by atoms with Gasteiger partial charge >= 0.3 is 0 Å². The zero-order valence-electron chi connectivity index (χ0n) is 12.9. The lowest BCUT2D eigenvalue weighted by Gasteiger charge is -2.10. The number of fused-ring (bicyclic) bond motifs is 1. The molecule has 6 heteroatoms. The zero-order chi connectivity index (χ0) is 16.4. The van der Waals surface area contributed by atoms with Crippen LogP contribution in [0.4, 0.5) is 0 Å². The summed E-state index contributed by atoms with van der Waals surface area (Å²) in [5.41, 5.74) is 1.50. The lowest BCUT2D eigenvalue weighted by molar-refractivity contribution is 0.660. The van der Waals surface area contributed by atoms with Crippen LogP contribution in [0, 0.1) is 11.3 Å². The van der Waals surface area contributed by atoms with Gasteiger partial charge in [0.25, 0.3) is 5.56 Å². The predicted octanol–water partition coefficient (Wildman–Crippen LogP) is 3.66. The van der Waals surface area contributed by atoms with E-state index in [0.717, 1.165) is 16.8 Å². The average Bonchev–Trinajstić information content (AvgIpc) is 3.01. The monoisotopic (exact) mass is 341 g/mol. The van der Waals surface area contributed by atoms with Crippen LogP contribution >= 0.6 is 23.1 Å². The number of thioether (sulfide) groups is 1. The van der Waals surface area contributed by atoms with E-state index >= 15 is 0 Å². The predicted molar refractivity (Wildman–Crippen MR) is 95.3 cm³/mol. The van der Waals surface area contributed by atoms with Crippen LogP contribution < -0.4 is 5.56 Å². The first-order valence-electron chi connectivity index (χ1n) is 7.22. The number of aromatic nitrogens is 2. The van der Waals surface area contributed by atoms with E-state index in [2.05, 4.69) is 18.0 Å². The van der Waals surface area contributed by atoms with E-state index in [1.54, 1.807) is 22.0 Å². The highest BCUT2D eigenvalue weighted by atomic mass is 32.2. The van der Waals surface area contributed by atoms with Gasteiger partial charge in [0.15, 0.2) is 5.16 Å². The zero-order valence-corrected chi connectivity index (χ0v) is 14.5. The molecular weight excluding hydrogens is 326 g/mol. The molecule has 0 saturated heterocycles. The molecule has 0 radical (unpaired) electrons. The van der Waals surface area contributed by atoms with Gasteiger partial charge in [-0.15, -0.1) is 11.3 Å². The number of nitriles is 1. The summed E-state index contributed by atoms with van der Waals surface area (Å²) in [5, 5.41) is 10.4. The minimum Gasteiger partial charge on any atom is -0.283 e. The van der Waals surface area contributed by atoms with Crippen LogP contribution in [0.1, 0.15) is 22.9 Å². The fourth-order valence-corrected chi connectivity index (χ4v) is 4.00. The molecule has 3 rings (SSSR count). The Kier molecular flexibility index (Phi) is 4.51. The Morgan fingerprint density at radius 3 is 2.91 bits per heavy atom. The lowest BCUT2D eigenvalue weighted by atomic mass is 10.1. The first-order valence-corrected chi connectivity index (χ1v) is 9.26. The second-order valence-electron chi connectivity index (χ2n) is 5.09. The van der Waals surface area contributed by atoms with Crippen molar-refractivity contribution in [3.63, 3.8) is 0 Å². The molecule has 0 N–H and O–H groups in total. The molecule has 23 heavy (non-hydrogen) atoms. The average molecular weight is 341 g/mol. The van der Waals surface area contributed by atoms with Gasteiger partial charge in [-0.2, -0.15) is 5.26 Å². The smallest absolute Gasteiger partial charge is 0.263 e. The summed E-state index contributed by atoms with van der Waals surface area (Å²) < 4.78 is 1.69. The van der Waals surface area contributed by atoms with Crippen LogP contribution in [0.25, 0.3) is 10.2 Å². The van der Waals surface area contributed by atoms with Gasteiger partial charge in [0, 0.05) is 4.88 Å². The molecule has 0 aliphatic carbocycles. The minimum absolute atomic E-state index is 0.0161. The number of benzene rings is 1. The summed E-state index contributed by atoms with van der Waals surface area (Å²) in [4.78, 5) is 19.5. The van der Waals surface area contributed by atoms with E-state index in [1.807, 2.05) is 30.5 Å². The van der Waals surface area contributed by atoms with E-state index in [-0.39, 0.29) is 5.56 Å².